The molecular formula is C17H17NO4S. The standard InChI is InChI=1S/C17H17NO4S/c1-12-7-9-13(10-8-12)23(19,20)18-11-16-14-5-3-4-6-15(14)17(21-2)22-16/h3-11,17-18H,1-2H3/b16-11-. The van der Waals surface area contributed by atoms with Crippen LogP contribution in [0.3, 0.4) is 0 Å². The summed E-state index contributed by atoms with van der Waals surface area (Å²) in [5.74, 6) is 0.433. The fraction of sp³-hybridized carbons (Fsp3) is 0.176. The normalized spacial score (nSPS) is 18.5. The second-order valence-electron chi connectivity index (χ2n) is 5.22. The molecule has 0 spiro atoms. The lowest BCUT2D eigenvalue weighted by Crippen LogP contribution is -2.18. The Balaban J connectivity index is 1.87. The Kier molecular flexibility index (Phi) is 4.11. The first-order valence-corrected chi connectivity index (χ1v) is 8.57. The summed E-state index contributed by atoms with van der Waals surface area (Å²) >= 11 is 0. The SMILES string of the molecule is COC1O/C(=C\NS(=O)(=O)c2ccc(C)cc2)c2ccccc21. The molecule has 0 radical (unpaired) electrons. The molecule has 2 aromatic carbocycles. The Bertz CT molecular complexity index is 841. The van der Waals surface area contributed by atoms with Gasteiger partial charge in [0.1, 0.15) is 5.76 Å². The molecule has 1 aliphatic rings. The van der Waals surface area contributed by atoms with Gasteiger partial charge in [-0.25, -0.2) is 8.42 Å². The second kappa shape index (κ2) is 6.06. The summed E-state index contributed by atoms with van der Waals surface area (Å²) in [5.41, 5.74) is 2.68. The highest BCUT2D eigenvalue weighted by molar-refractivity contribution is 7.89. The highest BCUT2D eigenvalue weighted by Crippen LogP contribution is 2.38. The van der Waals surface area contributed by atoms with Gasteiger partial charge in [0, 0.05) is 18.2 Å². The Labute approximate surface area is 135 Å². The fourth-order valence-electron chi connectivity index (χ4n) is 2.37. The third-order valence-corrected chi connectivity index (χ3v) is 4.93. The third-order valence-electron chi connectivity index (χ3n) is 3.60. The molecule has 0 saturated carbocycles. The van der Waals surface area contributed by atoms with E-state index in [1.165, 1.54) is 6.20 Å². The number of ether oxygens (including phenoxy) is 2. The van der Waals surface area contributed by atoms with E-state index in [0.29, 0.717) is 5.76 Å². The van der Waals surface area contributed by atoms with Crippen molar-refractivity contribution in [2.45, 2.75) is 18.1 Å². The smallest absolute Gasteiger partial charge is 0.261 e. The molecule has 0 fully saturated rings. The molecule has 6 heteroatoms. The minimum atomic E-state index is -3.64. The minimum Gasteiger partial charge on any atom is -0.458 e. The lowest BCUT2D eigenvalue weighted by Gasteiger charge is -2.09. The van der Waals surface area contributed by atoms with Gasteiger partial charge < -0.3 is 9.47 Å². The number of hydrogen-bond acceptors (Lipinski definition) is 4. The summed E-state index contributed by atoms with van der Waals surface area (Å²) in [5, 5.41) is 0. The molecule has 2 aromatic rings. The molecule has 1 aliphatic heterocycles. The zero-order valence-electron chi connectivity index (χ0n) is 12.8. The van der Waals surface area contributed by atoms with E-state index < -0.39 is 16.3 Å². The number of benzene rings is 2. The number of sulfonamides is 1. The number of rotatable bonds is 4. The van der Waals surface area contributed by atoms with Gasteiger partial charge in [0.15, 0.2) is 0 Å². The molecule has 3 rings (SSSR count). The summed E-state index contributed by atoms with van der Waals surface area (Å²) in [6, 6.07) is 14.1. The van der Waals surface area contributed by atoms with Crippen molar-refractivity contribution in [3.8, 4) is 0 Å². The van der Waals surface area contributed by atoms with Crippen molar-refractivity contribution in [1.82, 2.24) is 4.72 Å². The zero-order chi connectivity index (χ0) is 16.4. The van der Waals surface area contributed by atoms with Crippen LogP contribution in [0, 0.1) is 6.92 Å². The van der Waals surface area contributed by atoms with Crippen LogP contribution < -0.4 is 4.72 Å². The highest BCUT2D eigenvalue weighted by Gasteiger charge is 2.28. The van der Waals surface area contributed by atoms with Crippen LogP contribution in [0.5, 0.6) is 0 Å². The number of hydrogen-bond donors (Lipinski definition) is 1. The Morgan fingerprint density at radius 3 is 2.52 bits per heavy atom. The molecule has 1 atom stereocenters. The maximum absolute atomic E-state index is 12.3. The number of nitrogens with one attached hydrogen (secondary N) is 1. The first-order chi connectivity index (χ1) is 11.0. The molecule has 1 unspecified atom stereocenters. The molecular weight excluding hydrogens is 314 g/mol. The van der Waals surface area contributed by atoms with Gasteiger partial charge in [-0.3, -0.25) is 4.72 Å². The molecule has 5 nitrogen and oxygen atoms in total. The molecule has 0 aliphatic carbocycles. The predicted octanol–water partition coefficient (Wildman–Crippen LogP) is 2.95. The van der Waals surface area contributed by atoms with Crippen LogP contribution in [0.25, 0.3) is 5.76 Å². The Morgan fingerprint density at radius 1 is 1.13 bits per heavy atom. The van der Waals surface area contributed by atoms with E-state index in [1.54, 1.807) is 31.4 Å². The van der Waals surface area contributed by atoms with E-state index in [4.69, 9.17) is 9.47 Å². The summed E-state index contributed by atoms with van der Waals surface area (Å²) in [4.78, 5) is 0.203. The van der Waals surface area contributed by atoms with Gasteiger partial charge in [0.2, 0.25) is 6.29 Å². The maximum atomic E-state index is 12.3. The lowest BCUT2D eigenvalue weighted by molar-refractivity contribution is -0.0650. The van der Waals surface area contributed by atoms with Crippen LogP contribution in [-0.2, 0) is 19.5 Å². The predicted molar refractivity (Wildman–Crippen MR) is 86.8 cm³/mol. The third kappa shape index (κ3) is 3.09. The first-order valence-electron chi connectivity index (χ1n) is 7.09. The van der Waals surface area contributed by atoms with E-state index in [1.807, 2.05) is 31.2 Å². The summed E-state index contributed by atoms with van der Waals surface area (Å²) in [7, 11) is -2.10. The zero-order valence-corrected chi connectivity index (χ0v) is 13.6. The highest BCUT2D eigenvalue weighted by atomic mass is 32.2. The van der Waals surface area contributed by atoms with Crippen molar-refractivity contribution in [2.75, 3.05) is 7.11 Å². The van der Waals surface area contributed by atoms with Crippen LogP contribution in [-0.4, -0.2) is 15.5 Å². The van der Waals surface area contributed by atoms with Crippen LogP contribution in [0.2, 0.25) is 0 Å². The molecule has 0 bridgehead atoms. The number of aryl methyl sites for hydroxylation is 1. The van der Waals surface area contributed by atoms with E-state index in [0.717, 1.165) is 16.7 Å². The van der Waals surface area contributed by atoms with E-state index in [-0.39, 0.29) is 4.90 Å². The van der Waals surface area contributed by atoms with Gasteiger partial charge in [-0.15, -0.1) is 0 Å². The topological polar surface area (TPSA) is 64.6 Å². The monoisotopic (exact) mass is 331 g/mol. The van der Waals surface area contributed by atoms with Gasteiger partial charge in [-0.1, -0.05) is 42.0 Å². The van der Waals surface area contributed by atoms with Crippen molar-refractivity contribution in [3.63, 3.8) is 0 Å². The van der Waals surface area contributed by atoms with Gasteiger partial charge in [0.25, 0.3) is 10.0 Å². The molecule has 0 aromatic heterocycles. The van der Waals surface area contributed by atoms with Crippen molar-refractivity contribution >= 4 is 15.8 Å². The number of methoxy groups -OCH3 is 1. The van der Waals surface area contributed by atoms with E-state index in [9.17, 15) is 8.42 Å². The van der Waals surface area contributed by atoms with E-state index >= 15 is 0 Å². The molecule has 120 valence electrons. The molecule has 0 saturated heterocycles. The van der Waals surface area contributed by atoms with E-state index in [2.05, 4.69) is 4.72 Å². The van der Waals surface area contributed by atoms with Crippen molar-refractivity contribution < 1.29 is 17.9 Å². The van der Waals surface area contributed by atoms with Crippen molar-refractivity contribution in [3.05, 3.63) is 71.4 Å². The van der Waals surface area contributed by atoms with Crippen molar-refractivity contribution in [1.29, 1.82) is 0 Å². The van der Waals surface area contributed by atoms with Gasteiger partial charge in [0.05, 0.1) is 11.1 Å². The van der Waals surface area contributed by atoms with Crippen molar-refractivity contribution in [2.24, 2.45) is 0 Å². The second-order valence-corrected chi connectivity index (χ2v) is 6.93. The average Bonchev–Trinajstić information content (AvgIpc) is 2.92. The average molecular weight is 331 g/mol. The quantitative estimate of drug-likeness (QED) is 0.935. The summed E-state index contributed by atoms with van der Waals surface area (Å²) in [6.07, 6.45) is 0.828. The minimum absolute atomic E-state index is 0.203. The molecule has 1 N–H and O–H groups in total. The molecule has 0 amide bonds. The molecule has 23 heavy (non-hydrogen) atoms. The van der Waals surface area contributed by atoms with Crippen LogP contribution in [0.15, 0.2) is 59.6 Å². The van der Waals surface area contributed by atoms with Crippen LogP contribution in [0.1, 0.15) is 23.0 Å². The van der Waals surface area contributed by atoms with Crippen LogP contribution in [0.4, 0.5) is 0 Å². The van der Waals surface area contributed by atoms with Gasteiger partial charge in [-0.2, -0.15) is 0 Å². The van der Waals surface area contributed by atoms with Crippen LogP contribution >= 0.6 is 0 Å². The van der Waals surface area contributed by atoms with Gasteiger partial charge in [-0.05, 0) is 19.1 Å². The maximum Gasteiger partial charge on any atom is 0.261 e. The molecule has 1 heterocycles. The Morgan fingerprint density at radius 2 is 1.83 bits per heavy atom. The van der Waals surface area contributed by atoms with Gasteiger partial charge >= 0.3 is 0 Å². The largest absolute Gasteiger partial charge is 0.458 e. The summed E-state index contributed by atoms with van der Waals surface area (Å²) in [6.45, 7) is 1.90. The summed E-state index contributed by atoms with van der Waals surface area (Å²) < 4.78 is 38.0. The lowest BCUT2D eigenvalue weighted by atomic mass is 10.1. The Hall–Kier alpha value is -2.31. The first kappa shape index (κ1) is 15.6. The number of fused-ring (bicyclic) bond motifs is 1. The fourth-order valence-corrected chi connectivity index (χ4v) is 3.27.